The Hall–Kier alpha value is -0.770. The molecule has 1 N–H and O–H groups in total. The molecular formula is C15H23ClN2O. The summed E-state index contributed by atoms with van der Waals surface area (Å²) in [5.74, 6) is 0. The van der Waals surface area contributed by atoms with Gasteiger partial charge < -0.3 is 15.0 Å². The van der Waals surface area contributed by atoms with Crippen LogP contribution >= 0.6 is 11.6 Å². The standard InChI is InChI=1S/C15H23ClN2O/c1-3-19-9-8-18(2)15-7-4-13(16)10-12(15)11-17-14-5-6-14/h4,7,10,14,17H,3,5-6,8-9,11H2,1-2H3. The van der Waals surface area contributed by atoms with Crippen molar-refractivity contribution in [1.29, 1.82) is 0 Å². The van der Waals surface area contributed by atoms with Crippen LogP contribution < -0.4 is 10.2 Å². The van der Waals surface area contributed by atoms with Crippen LogP contribution in [0.3, 0.4) is 0 Å². The maximum absolute atomic E-state index is 6.11. The third kappa shape index (κ3) is 4.68. The highest BCUT2D eigenvalue weighted by molar-refractivity contribution is 6.30. The lowest BCUT2D eigenvalue weighted by Gasteiger charge is -2.23. The molecule has 0 spiro atoms. The van der Waals surface area contributed by atoms with Crippen molar-refractivity contribution < 1.29 is 4.74 Å². The van der Waals surface area contributed by atoms with Crippen LogP contribution in [0.15, 0.2) is 18.2 Å². The van der Waals surface area contributed by atoms with E-state index in [0.717, 1.165) is 31.3 Å². The quantitative estimate of drug-likeness (QED) is 0.742. The van der Waals surface area contributed by atoms with E-state index >= 15 is 0 Å². The molecule has 19 heavy (non-hydrogen) atoms. The number of halogens is 1. The number of nitrogens with one attached hydrogen (secondary N) is 1. The highest BCUT2D eigenvalue weighted by Gasteiger charge is 2.20. The Labute approximate surface area is 120 Å². The minimum absolute atomic E-state index is 0.709. The Balaban J connectivity index is 1.99. The lowest BCUT2D eigenvalue weighted by atomic mass is 10.1. The Bertz CT molecular complexity index is 407. The number of hydrogen-bond donors (Lipinski definition) is 1. The van der Waals surface area contributed by atoms with Crippen molar-refractivity contribution >= 4 is 17.3 Å². The van der Waals surface area contributed by atoms with E-state index in [1.54, 1.807) is 0 Å². The maximum Gasteiger partial charge on any atom is 0.0641 e. The first-order valence-electron chi connectivity index (χ1n) is 7.01. The number of benzene rings is 1. The van der Waals surface area contributed by atoms with Crippen LogP contribution in [-0.2, 0) is 11.3 Å². The van der Waals surface area contributed by atoms with Crippen LogP contribution in [0.25, 0.3) is 0 Å². The molecule has 0 bridgehead atoms. The van der Waals surface area contributed by atoms with Gasteiger partial charge in [-0.15, -0.1) is 0 Å². The fourth-order valence-corrected chi connectivity index (χ4v) is 2.27. The molecule has 4 heteroatoms. The van der Waals surface area contributed by atoms with Crippen LogP contribution in [0, 0.1) is 0 Å². The van der Waals surface area contributed by atoms with Gasteiger partial charge in [0.1, 0.15) is 0 Å². The van der Waals surface area contributed by atoms with Gasteiger partial charge in [-0.3, -0.25) is 0 Å². The van der Waals surface area contributed by atoms with Crippen LogP contribution in [0.2, 0.25) is 5.02 Å². The smallest absolute Gasteiger partial charge is 0.0641 e. The number of likely N-dealkylation sites (N-methyl/N-ethyl adjacent to an activating group) is 1. The van der Waals surface area contributed by atoms with Crippen LogP contribution in [0.5, 0.6) is 0 Å². The van der Waals surface area contributed by atoms with E-state index < -0.39 is 0 Å². The third-order valence-corrected chi connectivity index (χ3v) is 3.62. The maximum atomic E-state index is 6.11. The molecule has 0 saturated heterocycles. The fourth-order valence-electron chi connectivity index (χ4n) is 2.08. The Morgan fingerprint density at radius 2 is 2.21 bits per heavy atom. The normalized spacial score (nSPS) is 14.7. The molecule has 0 aliphatic heterocycles. The molecular weight excluding hydrogens is 260 g/mol. The predicted molar refractivity (Wildman–Crippen MR) is 81.1 cm³/mol. The van der Waals surface area contributed by atoms with E-state index in [9.17, 15) is 0 Å². The fraction of sp³-hybridized carbons (Fsp3) is 0.600. The zero-order valence-corrected chi connectivity index (χ0v) is 12.5. The molecule has 0 unspecified atom stereocenters. The van der Waals surface area contributed by atoms with Gasteiger partial charge >= 0.3 is 0 Å². The summed E-state index contributed by atoms with van der Waals surface area (Å²) in [7, 11) is 2.10. The third-order valence-electron chi connectivity index (χ3n) is 3.39. The molecule has 2 rings (SSSR count). The first kappa shape index (κ1) is 14.6. The van der Waals surface area contributed by atoms with E-state index in [0.29, 0.717) is 6.04 Å². The molecule has 1 aliphatic carbocycles. The molecule has 0 amide bonds. The van der Waals surface area contributed by atoms with Crippen LogP contribution in [0.4, 0.5) is 5.69 Å². The topological polar surface area (TPSA) is 24.5 Å². The van der Waals surface area contributed by atoms with Gasteiger partial charge in [0, 0.05) is 43.5 Å². The summed E-state index contributed by atoms with van der Waals surface area (Å²) in [5.41, 5.74) is 2.50. The molecule has 0 heterocycles. The van der Waals surface area contributed by atoms with Crippen molar-refractivity contribution in [1.82, 2.24) is 5.32 Å². The number of ether oxygens (including phenoxy) is 1. The highest BCUT2D eigenvalue weighted by Crippen LogP contribution is 2.25. The molecule has 1 saturated carbocycles. The molecule has 106 valence electrons. The van der Waals surface area contributed by atoms with E-state index in [-0.39, 0.29) is 0 Å². The lowest BCUT2D eigenvalue weighted by Crippen LogP contribution is -2.25. The first-order chi connectivity index (χ1) is 9.20. The van der Waals surface area contributed by atoms with Crippen LogP contribution in [-0.4, -0.2) is 32.8 Å². The molecule has 0 atom stereocenters. The summed E-state index contributed by atoms with van der Waals surface area (Å²) >= 11 is 6.11. The van der Waals surface area contributed by atoms with Crippen molar-refractivity contribution in [3.05, 3.63) is 28.8 Å². The zero-order chi connectivity index (χ0) is 13.7. The molecule has 1 aliphatic rings. The van der Waals surface area contributed by atoms with Gasteiger partial charge in [0.25, 0.3) is 0 Å². The van der Waals surface area contributed by atoms with E-state index in [2.05, 4.69) is 29.4 Å². The minimum atomic E-state index is 0.709. The minimum Gasteiger partial charge on any atom is -0.380 e. The summed E-state index contributed by atoms with van der Waals surface area (Å²) in [6, 6.07) is 6.82. The van der Waals surface area contributed by atoms with Gasteiger partial charge in [0.05, 0.1) is 6.61 Å². The largest absolute Gasteiger partial charge is 0.380 e. The van der Waals surface area contributed by atoms with Crippen molar-refractivity contribution in [3.8, 4) is 0 Å². The summed E-state index contributed by atoms with van der Waals surface area (Å²) < 4.78 is 5.41. The molecule has 3 nitrogen and oxygen atoms in total. The van der Waals surface area contributed by atoms with Gasteiger partial charge in [-0.1, -0.05) is 11.6 Å². The van der Waals surface area contributed by atoms with Gasteiger partial charge in [-0.25, -0.2) is 0 Å². The van der Waals surface area contributed by atoms with Crippen molar-refractivity contribution in [2.24, 2.45) is 0 Å². The average molecular weight is 283 g/mol. The summed E-state index contributed by atoms with van der Waals surface area (Å²) in [4.78, 5) is 2.23. The Morgan fingerprint density at radius 1 is 1.42 bits per heavy atom. The summed E-state index contributed by atoms with van der Waals surface area (Å²) in [6.45, 7) is 5.33. The molecule has 1 fully saturated rings. The van der Waals surface area contributed by atoms with E-state index in [1.165, 1.54) is 24.1 Å². The second-order valence-corrected chi connectivity index (χ2v) is 5.48. The zero-order valence-electron chi connectivity index (χ0n) is 11.8. The predicted octanol–water partition coefficient (Wildman–Crippen LogP) is 3.06. The van der Waals surface area contributed by atoms with Crippen molar-refractivity contribution in [3.63, 3.8) is 0 Å². The number of rotatable bonds is 8. The summed E-state index contributed by atoms with van der Waals surface area (Å²) in [6.07, 6.45) is 2.60. The monoisotopic (exact) mass is 282 g/mol. The second-order valence-electron chi connectivity index (χ2n) is 5.05. The second kappa shape index (κ2) is 7.13. The first-order valence-corrected chi connectivity index (χ1v) is 7.39. The van der Waals surface area contributed by atoms with Gasteiger partial charge in [-0.2, -0.15) is 0 Å². The highest BCUT2D eigenvalue weighted by atomic mass is 35.5. The number of nitrogens with zero attached hydrogens (tertiary/aromatic N) is 1. The average Bonchev–Trinajstić information content (AvgIpc) is 3.20. The van der Waals surface area contributed by atoms with E-state index in [4.69, 9.17) is 16.3 Å². The van der Waals surface area contributed by atoms with E-state index in [1.807, 2.05) is 13.0 Å². The Morgan fingerprint density at radius 3 is 2.89 bits per heavy atom. The molecule has 1 aromatic rings. The molecule has 0 radical (unpaired) electrons. The molecule has 1 aromatic carbocycles. The number of hydrogen-bond acceptors (Lipinski definition) is 3. The summed E-state index contributed by atoms with van der Waals surface area (Å²) in [5, 5.41) is 4.35. The number of anilines is 1. The molecule has 0 aromatic heterocycles. The van der Waals surface area contributed by atoms with Crippen molar-refractivity contribution in [2.45, 2.75) is 32.4 Å². The van der Waals surface area contributed by atoms with Gasteiger partial charge in [-0.05, 0) is 43.5 Å². The lowest BCUT2D eigenvalue weighted by molar-refractivity contribution is 0.154. The van der Waals surface area contributed by atoms with Crippen LogP contribution in [0.1, 0.15) is 25.3 Å². The van der Waals surface area contributed by atoms with Crippen molar-refractivity contribution in [2.75, 3.05) is 31.7 Å². The van der Waals surface area contributed by atoms with Gasteiger partial charge in [0.2, 0.25) is 0 Å². The Kier molecular flexibility index (Phi) is 5.49. The van der Waals surface area contributed by atoms with Gasteiger partial charge in [0.15, 0.2) is 0 Å². The SMILES string of the molecule is CCOCCN(C)c1ccc(Cl)cc1CNC1CC1.